The van der Waals surface area contributed by atoms with Crippen LogP contribution in [0.5, 0.6) is 0 Å². The summed E-state index contributed by atoms with van der Waals surface area (Å²) in [6.07, 6.45) is -16.6. The quantitative estimate of drug-likeness (QED) is 0.586. The number of fused-ring (bicyclic) bond motifs is 1. The first-order chi connectivity index (χ1) is 14.6. The molecule has 2 aliphatic rings. The van der Waals surface area contributed by atoms with Crippen LogP contribution in [0.4, 0.5) is 35.1 Å². The third-order valence-corrected chi connectivity index (χ3v) is 9.87. The van der Waals surface area contributed by atoms with Gasteiger partial charge in [0.25, 0.3) is 9.84 Å². The second-order valence-electron chi connectivity index (χ2n) is 7.18. The molecule has 0 aromatic heterocycles. The molecule has 14 heteroatoms. The molecule has 0 bridgehead atoms. The molecule has 1 aromatic rings. The van der Waals surface area contributed by atoms with Gasteiger partial charge in [-0.05, 0) is 28.5 Å². The van der Waals surface area contributed by atoms with E-state index in [9.17, 15) is 52.0 Å². The van der Waals surface area contributed by atoms with E-state index in [4.69, 9.17) is 0 Å². The highest BCUT2D eigenvalue weighted by Crippen LogP contribution is 2.43. The zero-order chi connectivity index (χ0) is 24.2. The van der Waals surface area contributed by atoms with E-state index in [0.29, 0.717) is 5.22 Å². The minimum Gasteiger partial charge on any atom is -0.243 e. The highest BCUT2D eigenvalue weighted by atomic mass is 32.3. The van der Waals surface area contributed by atoms with Crippen LogP contribution in [0, 0.1) is 0 Å². The predicted molar refractivity (Wildman–Crippen MR) is 98.4 cm³/mol. The smallest absolute Gasteiger partial charge is 0.243 e. The zero-order valence-electron chi connectivity index (χ0n) is 15.6. The lowest BCUT2D eigenvalue weighted by atomic mass is 9.91. The third-order valence-electron chi connectivity index (χ3n) is 5.14. The van der Waals surface area contributed by atoms with E-state index in [1.807, 2.05) is 0 Å². The molecular formula is C18H14F8O4S2. The van der Waals surface area contributed by atoms with Gasteiger partial charge in [0, 0.05) is 0 Å². The molecule has 4 atom stereocenters. The fraction of sp³-hybridized carbons (Fsp3) is 0.444. The maximum absolute atomic E-state index is 14.3. The fourth-order valence-corrected chi connectivity index (χ4v) is 7.86. The van der Waals surface area contributed by atoms with Crippen LogP contribution in [0.2, 0.25) is 0 Å². The molecule has 1 saturated carbocycles. The average molecular weight is 510 g/mol. The lowest BCUT2D eigenvalue weighted by Crippen LogP contribution is -2.59. The van der Waals surface area contributed by atoms with Gasteiger partial charge in [-0.2, -0.15) is 13.2 Å². The Hall–Kier alpha value is -1.96. The highest BCUT2D eigenvalue weighted by Gasteiger charge is 2.63. The number of hydrogen-bond acceptors (Lipinski definition) is 4. The molecule has 4 unspecified atom stereocenters. The summed E-state index contributed by atoms with van der Waals surface area (Å²) in [4.78, 5) is 0. The van der Waals surface area contributed by atoms with Gasteiger partial charge in [-0.25, -0.2) is 38.8 Å². The molecule has 178 valence electrons. The monoisotopic (exact) mass is 510 g/mol. The molecule has 1 aromatic carbocycles. The van der Waals surface area contributed by atoms with E-state index in [2.05, 4.69) is 0 Å². The SMILES string of the molecule is O=S(=O)(C(=C1C=c2ccccc2=CC1)S(=O)(=O)C(F)(F)F)C1C(F)C(F)C(F)C(F)C1F. The molecule has 0 heterocycles. The van der Waals surface area contributed by atoms with Crippen LogP contribution in [0.3, 0.4) is 0 Å². The third kappa shape index (κ3) is 3.84. The van der Waals surface area contributed by atoms with Gasteiger partial charge >= 0.3 is 5.51 Å². The second kappa shape index (κ2) is 8.12. The maximum atomic E-state index is 14.3. The zero-order valence-corrected chi connectivity index (χ0v) is 17.2. The van der Waals surface area contributed by atoms with Crippen molar-refractivity contribution in [2.24, 2.45) is 0 Å². The summed E-state index contributed by atoms with van der Waals surface area (Å²) >= 11 is 0. The standard InChI is InChI=1S/C18H14F8O4S2/c19-11-12(20)14(22)16(15(23)13(11)21)31(27,28)17(32(29,30)18(24,25)26)10-6-5-8-3-1-2-4-9(8)7-10/h1-5,7,11-16H,6H2. The van der Waals surface area contributed by atoms with E-state index in [0.717, 1.165) is 6.08 Å². The number of hydrogen-bond donors (Lipinski definition) is 0. The van der Waals surface area contributed by atoms with Crippen LogP contribution in [0.1, 0.15) is 6.42 Å². The van der Waals surface area contributed by atoms with Gasteiger partial charge in [-0.15, -0.1) is 0 Å². The summed E-state index contributed by atoms with van der Waals surface area (Å²) in [5.74, 6) is 0. The van der Waals surface area contributed by atoms with Gasteiger partial charge < -0.3 is 0 Å². The minimum atomic E-state index is -6.77. The Morgan fingerprint density at radius 3 is 1.75 bits per heavy atom. The van der Waals surface area contributed by atoms with Crippen molar-refractivity contribution in [1.82, 2.24) is 0 Å². The molecule has 0 saturated heterocycles. The fourth-order valence-electron chi connectivity index (χ4n) is 3.58. The molecule has 0 amide bonds. The van der Waals surface area contributed by atoms with Gasteiger partial charge in [0.15, 0.2) is 44.9 Å². The van der Waals surface area contributed by atoms with E-state index < -0.39 is 77.5 Å². The second-order valence-corrected chi connectivity index (χ2v) is 11.4. The summed E-state index contributed by atoms with van der Waals surface area (Å²) in [6, 6.07) is 5.71. The van der Waals surface area contributed by atoms with Crippen LogP contribution in [0.25, 0.3) is 12.2 Å². The largest absolute Gasteiger partial charge is 0.502 e. The van der Waals surface area contributed by atoms with Crippen LogP contribution < -0.4 is 10.4 Å². The first-order valence-corrected chi connectivity index (χ1v) is 11.9. The molecule has 0 spiro atoms. The number of rotatable bonds is 3. The van der Waals surface area contributed by atoms with Crippen molar-refractivity contribution in [3.63, 3.8) is 0 Å². The molecular weight excluding hydrogens is 496 g/mol. The van der Waals surface area contributed by atoms with E-state index in [1.54, 1.807) is 0 Å². The highest BCUT2D eigenvalue weighted by molar-refractivity contribution is 8.15. The normalized spacial score (nSPS) is 33.0. The van der Waals surface area contributed by atoms with E-state index in [1.165, 1.54) is 30.3 Å². The summed E-state index contributed by atoms with van der Waals surface area (Å²) in [5.41, 5.74) is -7.24. The van der Waals surface area contributed by atoms with Crippen LogP contribution >= 0.6 is 0 Å². The lowest BCUT2D eigenvalue weighted by Gasteiger charge is -2.36. The Labute approximate surface area is 176 Å². The molecule has 1 fully saturated rings. The Bertz CT molecular complexity index is 1250. The Morgan fingerprint density at radius 2 is 1.25 bits per heavy atom. The minimum absolute atomic E-state index is 0.0895. The van der Waals surface area contributed by atoms with Crippen LogP contribution in [-0.2, 0) is 19.7 Å². The molecule has 4 nitrogen and oxygen atoms in total. The average Bonchev–Trinajstić information content (AvgIpc) is 2.69. The van der Waals surface area contributed by atoms with E-state index >= 15 is 0 Å². The first-order valence-electron chi connectivity index (χ1n) is 8.88. The summed E-state index contributed by atoms with van der Waals surface area (Å²) in [5, 5.41) is -3.06. The topological polar surface area (TPSA) is 68.3 Å². The van der Waals surface area contributed by atoms with Gasteiger partial charge in [0.2, 0.25) is 0 Å². The van der Waals surface area contributed by atoms with Crippen molar-refractivity contribution in [2.75, 3.05) is 0 Å². The van der Waals surface area contributed by atoms with Crippen molar-refractivity contribution in [3.05, 3.63) is 44.5 Å². The molecule has 0 aliphatic heterocycles. The van der Waals surface area contributed by atoms with Gasteiger partial charge in [0.05, 0.1) is 0 Å². The number of sulfone groups is 2. The Kier molecular flexibility index (Phi) is 6.26. The predicted octanol–water partition coefficient (Wildman–Crippen LogP) is 2.29. The molecule has 2 aliphatic carbocycles. The van der Waals surface area contributed by atoms with E-state index in [-0.39, 0.29) is 5.22 Å². The number of allylic oxidation sites excluding steroid dienone is 1. The summed E-state index contributed by atoms with van der Waals surface area (Å²) in [6.45, 7) is 0. The molecule has 0 radical (unpaired) electrons. The van der Waals surface area contributed by atoms with Gasteiger partial charge in [-0.3, -0.25) is 0 Å². The maximum Gasteiger partial charge on any atom is 0.502 e. The number of alkyl halides is 8. The number of benzene rings is 1. The van der Waals surface area contributed by atoms with Crippen molar-refractivity contribution < 1.29 is 52.0 Å². The van der Waals surface area contributed by atoms with Gasteiger partial charge in [-0.1, -0.05) is 30.3 Å². The van der Waals surface area contributed by atoms with Gasteiger partial charge in [0.1, 0.15) is 5.25 Å². The molecule has 0 N–H and O–H groups in total. The van der Waals surface area contributed by atoms with Crippen LogP contribution in [-0.4, -0.2) is 58.5 Å². The molecule has 32 heavy (non-hydrogen) atoms. The molecule has 3 rings (SSSR count). The lowest BCUT2D eigenvalue weighted by molar-refractivity contribution is -0.0477. The number of halogens is 8. The van der Waals surface area contributed by atoms with Crippen molar-refractivity contribution in [2.45, 2.75) is 48.0 Å². The Balaban J connectivity index is 2.34. The van der Waals surface area contributed by atoms with Crippen LogP contribution in [0.15, 0.2) is 34.1 Å². The Morgan fingerprint density at radius 1 is 0.781 bits per heavy atom. The van der Waals surface area contributed by atoms with Crippen molar-refractivity contribution in [3.8, 4) is 0 Å². The first kappa shape index (κ1) is 24.7. The van der Waals surface area contributed by atoms with Crippen molar-refractivity contribution >= 4 is 31.8 Å². The van der Waals surface area contributed by atoms with Crippen molar-refractivity contribution in [1.29, 1.82) is 0 Å². The summed E-state index contributed by atoms with van der Waals surface area (Å²) in [7, 11) is -13.0. The summed E-state index contributed by atoms with van der Waals surface area (Å²) < 4.78 is 157.